The van der Waals surface area contributed by atoms with E-state index in [2.05, 4.69) is 29.4 Å². The van der Waals surface area contributed by atoms with Gasteiger partial charge in [-0.2, -0.15) is 0 Å². The third kappa shape index (κ3) is 1.88. The summed E-state index contributed by atoms with van der Waals surface area (Å²) < 4.78 is 0. The minimum absolute atomic E-state index is 0.171. The van der Waals surface area contributed by atoms with Gasteiger partial charge in [-0.05, 0) is 47.9 Å². The minimum Gasteiger partial charge on any atom is -0.387 e. The minimum atomic E-state index is -0.393. The third-order valence-corrected chi connectivity index (χ3v) is 4.84. The summed E-state index contributed by atoms with van der Waals surface area (Å²) in [5, 5.41) is 12.7. The fourth-order valence-corrected chi connectivity index (χ4v) is 3.88. The lowest BCUT2D eigenvalue weighted by atomic mass is 9.96. The highest BCUT2D eigenvalue weighted by Crippen LogP contribution is 2.42. The van der Waals surface area contributed by atoms with Gasteiger partial charge in [0.05, 0.1) is 6.10 Å². The molecule has 0 saturated heterocycles. The van der Waals surface area contributed by atoms with E-state index in [0.717, 1.165) is 29.8 Å². The third-order valence-electron chi connectivity index (χ3n) is 3.81. The van der Waals surface area contributed by atoms with Crippen LogP contribution in [0.3, 0.4) is 0 Å². The van der Waals surface area contributed by atoms with Gasteiger partial charge >= 0.3 is 0 Å². The monoisotopic (exact) mass is 259 g/mol. The van der Waals surface area contributed by atoms with Crippen LogP contribution in [0.5, 0.6) is 0 Å². The van der Waals surface area contributed by atoms with Gasteiger partial charge in [0, 0.05) is 22.7 Å². The number of nitrogens with zero attached hydrogens (tertiary/aromatic N) is 1. The molecular weight excluding hydrogens is 242 g/mol. The van der Waals surface area contributed by atoms with Gasteiger partial charge in [-0.1, -0.05) is 13.0 Å². The van der Waals surface area contributed by atoms with Crippen LogP contribution in [0.25, 0.3) is 0 Å². The first kappa shape index (κ1) is 11.9. The Morgan fingerprint density at radius 3 is 3.22 bits per heavy atom. The maximum atomic E-state index is 10.6. The van der Waals surface area contributed by atoms with Crippen LogP contribution in [0, 0.1) is 0 Å². The molecule has 0 bridgehead atoms. The van der Waals surface area contributed by atoms with Gasteiger partial charge in [0.1, 0.15) is 0 Å². The van der Waals surface area contributed by atoms with Crippen molar-refractivity contribution in [3.63, 3.8) is 0 Å². The molecular formula is C15H17NOS. The highest BCUT2D eigenvalue weighted by molar-refractivity contribution is 7.10. The van der Waals surface area contributed by atoms with E-state index in [9.17, 15) is 5.11 Å². The molecule has 0 saturated carbocycles. The van der Waals surface area contributed by atoms with Crippen LogP contribution in [-0.4, -0.2) is 10.1 Å². The van der Waals surface area contributed by atoms with Crippen LogP contribution in [0.4, 0.5) is 0 Å². The maximum Gasteiger partial charge on any atom is 0.0968 e. The zero-order valence-corrected chi connectivity index (χ0v) is 11.3. The Kier molecular flexibility index (Phi) is 3.18. The largest absolute Gasteiger partial charge is 0.387 e. The zero-order chi connectivity index (χ0) is 12.5. The molecule has 0 amide bonds. The van der Waals surface area contributed by atoms with Crippen molar-refractivity contribution in [1.29, 1.82) is 0 Å². The number of pyridine rings is 1. The Bertz CT molecular complexity index is 549. The number of aliphatic hydroxyl groups is 1. The fourth-order valence-electron chi connectivity index (χ4n) is 2.83. The van der Waals surface area contributed by atoms with Crippen molar-refractivity contribution in [2.24, 2.45) is 0 Å². The van der Waals surface area contributed by atoms with Crippen molar-refractivity contribution in [2.75, 3.05) is 0 Å². The highest BCUT2D eigenvalue weighted by Gasteiger charge is 2.32. The van der Waals surface area contributed by atoms with E-state index in [0.29, 0.717) is 0 Å². The van der Waals surface area contributed by atoms with Gasteiger partial charge in [-0.15, -0.1) is 11.3 Å². The normalized spacial score (nSPS) is 19.8. The second kappa shape index (κ2) is 4.82. The SMILES string of the molecule is CCc1ccsc1C(O)C1CCc2cccnc21. The van der Waals surface area contributed by atoms with Gasteiger partial charge < -0.3 is 5.11 Å². The van der Waals surface area contributed by atoms with Crippen LogP contribution >= 0.6 is 11.3 Å². The summed E-state index contributed by atoms with van der Waals surface area (Å²) in [4.78, 5) is 5.60. The van der Waals surface area contributed by atoms with E-state index in [-0.39, 0.29) is 5.92 Å². The van der Waals surface area contributed by atoms with Crippen LogP contribution in [0.1, 0.15) is 47.1 Å². The molecule has 0 aliphatic heterocycles. The second-order valence-corrected chi connectivity index (χ2v) is 5.75. The number of aryl methyl sites for hydroxylation is 2. The van der Waals surface area contributed by atoms with Gasteiger partial charge in [-0.25, -0.2) is 0 Å². The molecule has 2 heterocycles. The lowest BCUT2D eigenvalue weighted by Gasteiger charge is -2.18. The Morgan fingerprint density at radius 1 is 1.50 bits per heavy atom. The van der Waals surface area contributed by atoms with E-state index < -0.39 is 6.10 Å². The molecule has 2 aromatic heterocycles. The molecule has 2 atom stereocenters. The standard InChI is InChI=1S/C15H17NOS/c1-2-10-7-9-18-15(10)14(17)12-6-5-11-4-3-8-16-13(11)12/h3-4,7-9,12,14,17H,2,5-6H2,1H3. The average molecular weight is 259 g/mol. The zero-order valence-electron chi connectivity index (χ0n) is 10.5. The summed E-state index contributed by atoms with van der Waals surface area (Å²) in [7, 11) is 0. The Labute approximate surface area is 111 Å². The summed E-state index contributed by atoms with van der Waals surface area (Å²) in [5.41, 5.74) is 3.67. The van der Waals surface area contributed by atoms with Crippen molar-refractivity contribution in [3.8, 4) is 0 Å². The summed E-state index contributed by atoms with van der Waals surface area (Å²) in [5.74, 6) is 0.171. The lowest BCUT2D eigenvalue weighted by Crippen LogP contribution is -2.09. The first-order valence-electron chi connectivity index (χ1n) is 6.49. The molecule has 2 unspecified atom stereocenters. The number of fused-ring (bicyclic) bond motifs is 1. The van der Waals surface area contributed by atoms with Crippen molar-refractivity contribution in [3.05, 3.63) is 51.5 Å². The number of thiophene rings is 1. The van der Waals surface area contributed by atoms with E-state index >= 15 is 0 Å². The molecule has 3 heteroatoms. The molecule has 1 N–H and O–H groups in total. The first-order valence-corrected chi connectivity index (χ1v) is 7.37. The summed E-state index contributed by atoms with van der Waals surface area (Å²) in [6.45, 7) is 2.14. The molecule has 1 aliphatic carbocycles. The van der Waals surface area contributed by atoms with Crippen molar-refractivity contribution < 1.29 is 5.11 Å². The number of rotatable bonds is 3. The summed E-state index contributed by atoms with van der Waals surface area (Å²) >= 11 is 1.67. The van der Waals surface area contributed by atoms with E-state index in [1.54, 1.807) is 11.3 Å². The second-order valence-electron chi connectivity index (χ2n) is 4.80. The van der Waals surface area contributed by atoms with E-state index in [1.165, 1.54) is 11.1 Å². The molecule has 94 valence electrons. The van der Waals surface area contributed by atoms with Crippen LogP contribution in [0.2, 0.25) is 0 Å². The number of aromatic nitrogens is 1. The fraction of sp³-hybridized carbons (Fsp3) is 0.400. The van der Waals surface area contributed by atoms with Gasteiger partial charge in [0.15, 0.2) is 0 Å². The molecule has 0 aromatic carbocycles. The highest BCUT2D eigenvalue weighted by atomic mass is 32.1. The van der Waals surface area contributed by atoms with Gasteiger partial charge in [0.25, 0.3) is 0 Å². The molecule has 0 fully saturated rings. The molecule has 2 nitrogen and oxygen atoms in total. The molecule has 18 heavy (non-hydrogen) atoms. The molecule has 0 spiro atoms. The predicted molar refractivity (Wildman–Crippen MR) is 74.0 cm³/mol. The summed E-state index contributed by atoms with van der Waals surface area (Å²) in [6.07, 6.45) is 4.47. The Hall–Kier alpha value is -1.19. The summed E-state index contributed by atoms with van der Waals surface area (Å²) in [6, 6.07) is 6.23. The molecule has 3 rings (SSSR count). The number of hydrogen-bond donors (Lipinski definition) is 1. The smallest absolute Gasteiger partial charge is 0.0968 e. The average Bonchev–Trinajstić information content (AvgIpc) is 3.04. The first-order chi connectivity index (χ1) is 8.81. The predicted octanol–water partition coefficient (Wildman–Crippen LogP) is 3.47. The van der Waals surface area contributed by atoms with E-state index in [4.69, 9.17) is 0 Å². The van der Waals surface area contributed by atoms with Crippen molar-refractivity contribution in [1.82, 2.24) is 4.98 Å². The molecule has 1 aliphatic rings. The van der Waals surface area contributed by atoms with Crippen LogP contribution < -0.4 is 0 Å². The Balaban J connectivity index is 1.93. The number of hydrogen-bond acceptors (Lipinski definition) is 3. The number of aliphatic hydroxyl groups excluding tert-OH is 1. The van der Waals surface area contributed by atoms with Crippen molar-refractivity contribution in [2.45, 2.75) is 38.2 Å². The quantitative estimate of drug-likeness (QED) is 0.915. The van der Waals surface area contributed by atoms with Crippen molar-refractivity contribution >= 4 is 11.3 Å². The molecule has 0 radical (unpaired) electrons. The Morgan fingerprint density at radius 2 is 2.39 bits per heavy atom. The van der Waals surface area contributed by atoms with E-state index in [1.807, 2.05) is 12.3 Å². The van der Waals surface area contributed by atoms with Gasteiger partial charge in [-0.3, -0.25) is 4.98 Å². The van der Waals surface area contributed by atoms with Crippen LogP contribution in [-0.2, 0) is 12.8 Å². The lowest BCUT2D eigenvalue weighted by molar-refractivity contribution is 0.146. The van der Waals surface area contributed by atoms with Gasteiger partial charge in [0.2, 0.25) is 0 Å². The maximum absolute atomic E-state index is 10.6. The van der Waals surface area contributed by atoms with Crippen LogP contribution in [0.15, 0.2) is 29.8 Å². The topological polar surface area (TPSA) is 33.1 Å². The molecule has 2 aromatic rings.